The number of rotatable bonds is 3. The highest BCUT2D eigenvalue weighted by atomic mass is 35.5. The molecule has 6 heteroatoms. The lowest BCUT2D eigenvalue weighted by atomic mass is 10.1. The highest BCUT2D eigenvalue weighted by Gasteiger charge is 2.20. The first-order valence-electron chi connectivity index (χ1n) is 6.45. The summed E-state index contributed by atoms with van der Waals surface area (Å²) in [5.74, 6) is -0.512. The summed E-state index contributed by atoms with van der Waals surface area (Å²) in [4.78, 5) is 24.9. The number of methoxy groups -OCH3 is 1. The minimum Gasteiger partial charge on any atom is -0.465 e. The number of carbonyl (C=O) groups is 2. The number of hydrogen-bond donors (Lipinski definition) is 0. The molecule has 1 rings (SSSR count). The third kappa shape index (κ3) is 5.27. The predicted molar refractivity (Wildman–Crippen MR) is 80.5 cm³/mol. The molecule has 0 bridgehead atoms. The molecule has 0 aliphatic carbocycles. The van der Waals surface area contributed by atoms with E-state index in [4.69, 9.17) is 16.3 Å². The van der Waals surface area contributed by atoms with Gasteiger partial charge in [0.2, 0.25) is 0 Å². The van der Waals surface area contributed by atoms with Crippen LogP contribution in [0.5, 0.6) is 0 Å². The molecule has 21 heavy (non-hydrogen) atoms. The second kappa shape index (κ2) is 6.80. The van der Waals surface area contributed by atoms with Gasteiger partial charge in [0.1, 0.15) is 5.60 Å². The van der Waals surface area contributed by atoms with Gasteiger partial charge in [0.25, 0.3) is 0 Å². The number of ether oxygens (including phenoxy) is 2. The van der Waals surface area contributed by atoms with Crippen molar-refractivity contribution in [1.29, 1.82) is 0 Å². The van der Waals surface area contributed by atoms with Gasteiger partial charge >= 0.3 is 12.1 Å². The summed E-state index contributed by atoms with van der Waals surface area (Å²) in [5, 5.41) is 0.311. The molecule has 0 aromatic heterocycles. The van der Waals surface area contributed by atoms with Crippen LogP contribution in [0.2, 0.25) is 5.02 Å². The number of nitrogens with zero attached hydrogens (tertiary/aromatic N) is 1. The van der Waals surface area contributed by atoms with Crippen molar-refractivity contribution in [3.63, 3.8) is 0 Å². The second-order valence-corrected chi connectivity index (χ2v) is 6.05. The van der Waals surface area contributed by atoms with Crippen molar-refractivity contribution >= 4 is 23.7 Å². The summed E-state index contributed by atoms with van der Waals surface area (Å²) in [6, 6.07) is 4.96. The van der Waals surface area contributed by atoms with Crippen molar-refractivity contribution in [2.75, 3.05) is 14.2 Å². The van der Waals surface area contributed by atoms with Crippen LogP contribution in [0.25, 0.3) is 0 Å². The number of hydrogen-bond acceptors (Lipinski definition) is 4. The average molecular weight is 314 g/mol. The Morgan fingerprint density at radius 1 is 1.29 bits per heavy atom. The quantitative estimate of drug-likeness (QED) is 0.801. The van der Waals surface area contributed by atoms with Crippen LogP contribution < -0.4 is 0 Å². The van der Waals surface area contributed by atoms with E-state index in [1.165, 1.54) is 12.0 Å². The van der Waals surface area contributed by atoms with Gasteiger partial charge in [-0.3, -0.25) is 0 Å². The fourth-order valence-electron chi connectivity index (χ4n) is 1.62. The molecule has 0 radical (unpaired) electrons. The van der Waals surface area contributed by atoms with E-state index in [0.29, 0.717) is 11.6 Å². The largest absolute Gasteiger partial charge is 0.465 e. The van der Waals surface area contributed by atoms with Crippen LogP contribution in [0.4, 0.5) is 4.79 Å². The van der Waals surface area contributed by atoms with Crippen LogP contribution in [-0.4, -0.2) is 36.7 Å². The van der Waals surface area contributed by atoms with E-state index in [-0.39, 0.29) is 5.56 Å². The lowest BCUT2D eigenvalue weighted by Gasteiger charge is -2.24. The molecule has 0 atom stereocenters. The van der Waals surface area contributed by atoms with Crippen molar-refractivity contribution in [2.45, 2.75) is 32.9 Å². The Morgan fingerprint density at radius 2 is 1.90 bits per heavy atom. The highest BCUT2D eigenvalue weighted by molar-refractivity contribution is 6.33. The van der Waals surface area contributed by atoms with E-state index >= 15 is 0 Å². The molecule has 1 amide bonds. The Balaban J connectivity index is 2.84. The molecule has 0 heterocycles. The Hall–Kier alpha value is -1.75. The standard InChI is InChI=1S/C15H20ClNO4/c1-15(2,3)21-14(19)17(4)9-10-6-7-12(16)11(8-10)13(18)20-5/h6-8H,9H2,1-5H3. The number of benzene rings is 1. The summed E-state index contributed by atoms with van der Waals surface area (Å²) >= 11 is 5.95. The van der Waals surface area contributed by atoms with Crippen molar-refractivity contribution < 1.29 is 19.1 Å². The lowest BCUT2D eigenvalue weighted by molar-refractivity contribution is 0.0285. The Morgan fingerprint density at radius 3 is 2.43 bits per heavy atom. The first-order valence-corrected chi connectivity index (χ1v) is 6.82. The molecule has 1 aromatic carbocycles. The smallest absolute Gasteiger partial charge is 0.410 e. The molecular weight excluding hydrogens is 294 g/mol. The minimum atomic E-state index is -0.553. The van der Waals surface area contributed by atoms with Gasteiger partial charge in [-0.25, -0.2) is 9.59 Å². The highest BCUT2D eigenvalue weighted by Crippen LogP contribution is 2.20. The third-order valence-corrected chi connectivity index (χ3v) is 2.89. The molecule has 0 saturated heterocycles. The van der Waals surface area contributed by atoms with Crippen LogP contribution in [0, 0.1) is 0 Å². The molecule has 0 saturated carbocycles. The van der Waals surface area contributed by atoms with Crippen LogP contribution >= 0.6 is 11.6 Å². The monoisotopic (exact) mass is 313 g/mol. The normalized spacial score (nSPS) is 11.0. The third-order valence-electron chi connectivity index (χ3n) is 2.56. The van der Waals surface area contributed by atoms with Crippen molar-refractivity contribution in [2.24, 2.45) is 0 Å². The molecule has 0 N–H and O–H groups in total. The molecule has 0 aliphatic rings. The summed E-state index contributed by atoms with van der Waals surface area (Å²) in [5.41, 5.74) is 0.477. The minimum absolute atomic E-state index is 0.272. The molecule has 0 unspecified atom stereocenters. The maximum absolute atomic E-state index is 11.9. The van der Waals surface area contributed by atoms with E-state index in [9.17, 15) is 9.59 Å². The first kappa shape index (κ1) is 17.3. The Labute approximate surface area is 129 Å². The van der Waals surface area contributed by atoms with Crippen molar-refractivity contribution in [3.8, 4) is 0 Å². The van der Waals surface area contributed by atoms with Crippen LogP contribution in [0.15, 0.2) is 18.2 Å². The molecule has 0 fully saturated rings. The van der Waals surface area contributed by atoms with Gasteiger partial charge in [-0.05, 0) is 38.5 Å². The first-order chi connectivity index (χ1) is 9.64. The molecule has 116 valence electrons. The lowest BCUT2D eigenvalue weighted by Crippen LogP contribution is -2.33. The zero-order valence-electron chi connectivity index (χ0n) is 12.9. The maximum atomic E-state index is 11.9. The fourth-order valence-corrected chi connectivity index (χ4v) is 1.81. The number of amides is 1. The fraction of sp³-hybridized carbons (Fsp3) is 0.467. The van der Waals surface area contributed by atoms with Crippen molar-refractivity contribution in [1.82, 2.24) is 4.90 Å². The molecule has 1 aromatic rings. The van der Waals surface area contributed by atoms with Crippen LogP contribution in [-0.2, 0) is 16.0 Å². The van der Waals surface area contributed by atoms with Gasteiger partial charge in [-0.2, -0.15) is 0 Å². The molecule has 0 spiro atoms. The number of esters is 1. The van der Waals surface area contributed by atoms with Gasteiger partial charge in [-0.1, -0.05) is 17.7 Å². The van der Waals surface area contributed by atoms with Gasteiger partial charge < -0.3 is 14.4 Å². The topological polar surface area (TPSA) is 55.8 Å². The zero-order chi connectivity index (χ0) is 16.2. The Bertz CT molecular complexity index is 537. The van der Waals surface area contributed by atoms with Gasteiger partial charge in [0.15, 0.2) is 0 Å². The van der Waals surface area contributed by atoms with E-state index in [0.717, 1.165) is 5.56 Å². The molecule has 5 nitrogen and oxygen atoms in total. The summed E-state index contributed by atoms with van der Waals surface area (Å²) in [6.45, 7) is 5.71. The second-order valence-electron chi connectivity index (χ2n) is 5.64. The summed E-state index contributed by atoms with van der Waals surface area (Å²) < 4.78 is 9.93. The van der Waals surface area contributed by atoms with Gasteiger partial charge in [0, 0.05) is 13.6 Å². The Kier molecular flexibility index (Phi) is 5.61. The van der Waals surface area contributed by atoms with Crippen LogP contribution in [0.1, 0.15) is 36.7 Å². The van der Waals surface area contributed by atoms with E-state index < -0.39 is 17.7 Å². The van der Waals surface area contributed by atoms with E-state index in [1.54, 1.807) is 46.0 Å². The predicted octanol–water partition coefficient (Wildman–Crippen LogP) is 3.49. The molecular formula is C15H20ClNO4. The van der Waals surface area contributed by atoms with Crippen LogP contribution in [0.3, 0.4) is 0 Å². The summed E-state index contributed by atoms with van der Waals surface area (Å²) in [6.07, 6.45) is -0.433. The zero-order valence-corrected chi connectivity index (χ0v) is 13.7. The average Bonchev–Trinajstić information content (AvgIpc) is 2.38. The summed E-state index contributed by atoms with van der Waals surface area (Å²) in [7, 11) is 2.92. The van der Waals surface area contributed by atoms with Crippen molar-refractivity contribution in [3.05, 3.63) is 34.3 Å². The number of halogens is 1. The van der Waals surface area contributed by atoms with Gasteiger partial charge in [-0.15, -0.1) is 0 Å². The van der Waals surface area contributed by atoms with E-state index in [2.05, 4.69) is 4.74 Å². The van der Waals surface area contributed by atoms with E-state index in [1.807, 2.05) is 0 Å². The van der Waals surface area contributed by atoms with Gasteiger partial charge in [0.05, 0.1) is 17.7 Å². The SMILES string of the molecule is COC(=O)c1cc(CN(C)C(=O)OC(C)(C)C)ccc1Cl. The number of carbonyl (C=O) groups excluding carboxylic acids is 2. The molecule has 0 aliphatic heterocycles. The maximum Gasteiger partial charge on any atom is 0.410 e.